The summed E-state index contributed by atoms with van der Waals surface area (Å²) in [6.07, 6.45) is 0.832. The number of fused-ring (bicyclic) bond motifs is 1. The van der Waals surface area contributed by atoms with Gasteiger partial charge in [0.05, 0.1) is 27.4 Å². The minimum absolute atomic E-state index is 0.0562. The Morgan fingerprint density at radius 2 is 1.60 bits per heavy atom. The zero-order valence-corrected chi connectivity index (χ0v) is 23.5. The lowest BCUT2D eigenvalue weighted by molar-refractivity contribution is -0.131. The van der Waals surface area contributed by atoms with E-state index >= 15 is 0 Å². The largest absolute Gasteiger partial charge is 0.368 e. The van der Waals surface area contributed by atoms with Gasteiger partial charge in [-0.25, -0.2) is 4.98 Å². The van der Waals surface area contributed by atoms with Crippen LogP contribution in [0.3, 0.4) is 0 Å². The number of benzene rings is 3. The smallest absolute Gasteiger partial charge is 0.262 e. The summed E-state index contributed by atoms with van der Waals surface area (Å²) in [4.78, 5) is 47.8. The number of piperazine rings is 1. The summed E-state index contributed by atoms with van der Waals surface area (Å²) < 4.78 is 1.58. The first kappa shape index (κ1) is 27.7. The molecule has 0 saturated carbocycles. The van der Waals surface area contributed by atoms with Crippen LogP contribution in [0.15, 0.2) is 88.8 Å². The van der Waals surface area contributed by atoms with Crippen LogP contribution in [0.1, 0.15) is 12.8 Å². The fourth-order valence-electron chi connectivity index (χ4n) is 4.73. The van der Waals surface area contributed by atoms with Crippen LogP contribution in [0.25, 0.3) is 10.9 Å². The maximum absolute atomic E-state index is 13.4. The molecule has 8 nitrogen and oxygen atoms in total. The Hall–Kier alpha value is -3.82. The number of amides is 2. The van der Waals surface area contributed by atoms with Gasteiger partial charge in [-0.2, -0.15) is 0 Å². The van der Waals surface area contributed by atoms with E-state index in [1.165, 1.54) is 17.4 Å². The lowest BCUT2D eigenvalue weighted by atomic mass is 10.2. The molecule has 1 N–H and O–H groups in total. The van der Waals surface area contributed by atoms with E-state index in [0.29, 0.717) is 59.2 Å². The molecule has 1 saturated heterocycles. The van der Waals surface area contributed by atoms with Crippen molar-refractivity contribution in [1.82, 2.24) is 14.5 Å². The highest BCUT2D eigenvalue weighted by molar-refractivity contribution is 7.99. The van der Waals surface area contributed by atoms with E-state index in [1.54, 1.807) is 47.0 Å². The number of para-hydroxylation sites is 3. The Kier molecular flexibility index (Phi) is 9.03. The highest BCUT2D eigenvalue weighted by Gasteiger charge is 2.21. The first-order valence-electron chi connectivity index (χ1n) is 13.2. The summed E-state index contributed by atoms with van der Waals surface area (Å²) in [5.41, 5.74) is 2.10. The quantitative estimate of drug-likeness (QED) is 0.225. The maximum Gasteiger partial charge on any atom is 0.262 e. The number of rotatable bonds is 9. The molecule has 2 amide bonds. The molecule has 1 aromatic heterocycles. The number of halogens is 1. The van der Waals surface area contributed by atoms with Gasteiger partial charge in [-0.15, -0.1) is 0 Å². The zero-order chi connectivity index (χ0) is 27.9. The number of hydrogen-bond acceptors (Lipinski definition) is 6. The third kappa shape index (κ3) is 6.66. The standard InChI is InChI=1S/C30H30ClN5O3S/c31-24-12-5-7-14-26(24)32-27(37)21-40-30-33-25-13-6-4-11-23(25)29(39)36(30)16-8-15-28(38)35-19-17-34(18-20-35)22-9-2-1-3-10-22/h1-7,9-14H,8,15-21H2,(H,32,37). The predicted molar refractivity (Wildman–Crippen MR) is 161 cm³/mol. The summed E-state index contributed by atoms with van der Waals surface area (Å²) in [5, 5.41) is 4.21. The Morgan fingerprint density at radius 1 is 0.900 bits per heavy atom. The lowest BCUT2D eigenvalue weighted by Gasteiger charge is -2.36. The second-order valence-electron chi connectivity index (χ2n) is 9.49. The third-order valence-electron chi connectivity index (χ3n) is 6.83. The van der Waals surface area contributed by atoms with Gasteiger partial charge in [0.1, 0.15) is 0 Å². The van der Waals surface area contributed by atoms with Gasteiger partial charge in [-0.05, 0) is 42.8 Å². The maximum atomic E-state index is 13.4. The van der Waals surface area contributed by atoms with E-state index in [-0.39, 0.29) is 23.1 Å². The lowest BCUT2D eigenvalue weighted by Crippen LogP contribution is -2.48. The molecule has 0 spiro atoms. The van der Waals surface area contributed by atoms with Crippen molar-refractivity contribution in [2.45, 2.75) is 24.5 Å². The van der Waals surface area contributed by atoms with Gasteiger partial charge in [-0.1, -0.05) is 65.8 Å². The van der Waals surface area contributed by atoms with Gasteiger partial charge in [-0.3, -0.25) is 19.0 Å². The summed E-state index contributed by atoms with van der Waals surface area (Å²) in [7, 11) is 0. The van der Waals surface area contributed by atoms with Gasteiger partial charge < -0.3 is 15.1 Å². The highest BCUT2D eigenvalue weighted by atomic mass is 35.5. The van der Waals surface area contributed by atoms with E-state index in [0.717, 1.165) is 13.1 Å². The Balaban J connectivity index is 1.21. The number of carbonyl (C=O) groups excluding carboxylic acids is 2. The van der Waals surface area contributed by atoms with Crippen LogP contribution < -0.4 is 15.8 Å². The normalized spacial score (nSPS) is 13.4. The molecule has 1 fully saturated rings. The Morgan fingerprint density at radius 3 is 2.38 bits per heavy atom. The van der Waals surface area contributed by atoms with Crippen molar-refractivity contribution in [2.24, 2.45) is 0 Å². The van der Waals surface area contributed by atoms with Crippen molar-refractivity contribution in [3.05, 3.63) is 94.2 Å². The average Bonchev–Trinajstić information content (AvgIpc) is 2.99. The molecule has 0 atom stereocenters. The molecule has 4 aromatic rings. The second kappa shape index (κ2) is 13.0. The number of aromatic nitrogens is 2. The van der Waals surface area contributed by atoms with Crippen LogP contribution in [0.5, 0.6) is 0 Å². The van der Waals surface area contributed by atoms with Crippen molar-refractivity contribution in [3.8, 4) is 0 Å². The van der Waals surface area contributed by atoms with Crippen LogP contribution >= 0.6 is 23.4 Å². The molecule has 206 valence electrons. The van der Waals surface area contributed by atoms with Gasteiger partial charge in [0.15, 0.2) is 5.16 Å². The molecule has 2 heterocycles. The van der Waals surface area contributed by atoms with Crippen molar-refractivity contribution in [3.63, 3.8) is 0 Å². The SMILES string of the molecule is O=C(CSc1nc2ccccc2c(=O)n1CCCC(=O)N1CCN(c2ccccc2)CC1)Nc1ccccc1Cl. The monoisotopic (exact) mass is 575 g/mol. The molecule has 40 heavy (non-hydrogen) atoms. The Bertz CT molecular complexity index is 1550. The second-order valence-corrected chi connectivity index (χ2v) is 10.8. The molecular weight excluding hydrogens is 546 g/mol. The van der Waals surface area contributed by atoms with E-state index in [1.807, 2.05) is 29.2 Å². The number of anilines is 2. The van der Waals surface area contributed by atoms with Crippen LogP contribution in [0, 0.1) is 0 Å². The summed E-state index contributed by atoms with van der Waals surface area (Å²) in [6.45, 7) is 3.27. The van der Waals surface area contributed by atoms with Crippen LogP contribution in [0.4, 0.5) is 11.4 Å². The van der Waals surface area contributed by atoms with Gasteiger partial charge in [0.25, 0.3) is 5.56 Å². The summed E-state index contributed by atoms with van der Waals surface area (Å²) >= 11 is 7.35. The van der Waals surface area contributed by atoms with Crippen LogP contribution in [0.2, 0.25) is 5.02 Å². The number of nitrogens with zero attached hydrogens (tertiary/aromatic N) is 4. The molecule has 3 aromatic carbocycles. The first-order chi connectivity index (χ1) is 19.5. The number of nitrogens with one attached hydrogen (secondary N) is 1. The predicted octanol–water partition coefficient (Wildman–Crippen LogP) is 4.91. The molecule has 1 aliphatic rings. The minimum Gasteiger partial charge on any atom is -0.368 e. The molecule has 0 bridgehead atoms. The van der Waals surface area contributed by atoms with Crippen molar-refractivity contribution < 1.29 is 9.59 Å². The van der Waals surface area contributed by atoms with Crippen LogP contribution in [-0.4, -0.2) is 58.2 Å². The molecule has 10 heteroatoms. The fourth-order valence-corrected chi connectivity index (χ4v) is 5.74. The van der Waals surface area contributed by atoms with Gasteiger partial charge in [0, 0.05) is 44.8 Å². The molecule has 5 rings (SSSR count). The number of thioether (sulfide) groups is 1. The van der Waals surface area contributed by atoms with Crippen molar-refractivity contribution >= 4 is 57.5 Å². The van der Waals surface area contributed by atoms with E-state index in [9.17, 15) is 14.4 Å². The minimum atomic E-state index is -0.253. The van der Waals surface area contributed by atoms with Gasteiger partial charge in [0.2, 0.25) is 11.8 Å². The average molecular weight is 576 g/mol. The topological polar surface area (TPSA) is 87.5 Å². The van der Waals surface area contributed by atoms with Crippen molar-refractivity contribution in [1.29, 1.82) is 0 Å². The zero-order valence-electron chi connectivity index (χ0n) is 22.0. The Labute approximate surface area is 242 Å². The summed E-state index contributed by atoms with van der Waals surface area (Å²) in [6, 6.07) is 24.4. The van der Waals surface area contributed by atoms with Gasteiger partial charge >= 0.3 is 0 Å². The first-order valence-corrected chi connectivity index (χ1v) is 14.6. The summed E-state index contributed by atoms with van der Waals surface area (Å²) in [5.74, 6) is -0.111. The molecule has 0 unspecified atom stereocenters. The van der Waals surface area contributed by atoms with Crippen molar-refractivity contribution in [2.75, 3.05) is 42.1 Å². The number of carbonyl (C=O) groups is 2. The molecule has 1 aliphatic heterocycles. The fraction of sp³-hybridized carbons (Fsp3) is 0.267. The van der Waals surface area contributed by atoms with Crippen LogP contribution in [-0.2, 0) is 16.1 Å². The van der Waals surface area contributed by atoms with E-state index in [2.05, 4.69) is 27.3 Å². The molecular formula is C30H30ClN5O3S. The highest BCUT2D eigenvalue weighted by Crippen LogP contribution is 2.23. The molecule has 0 aliphatic carbocycles. The molecule has 0 radical (unpaired) electrons. The van der Waals surface area contributed by atoms with E-state index < -0.39 is 0 Å². The van der Waals surface area contributed by atoms with E-state index in [4.69, 9.17) is 11.6 Å². The number of hydrogen-bond donors (Lipinski definition) is 1. The third-order valence-corrected chi connectivity index (χ3v) is 8.14.